The van der Waals surface area contributed by atoms with Crippen LogP contribution < -0.4 is 42.1 Å². The SMILES string of the molecule is CCSc1cc(C2(C#N)CC2)cnc1C(=O)N(C)c1c(N)cc(C(F)(F)F)n(OC)c1=O.CCSc1cc(C2(C#N)CC2)cnc1C(=O)Nc1cc(C(F)(F)F)n(OC)c(=O)c1NC. The van der Waals surface area contributed by atoms with E-state index in [0.29, 0.717) is 70.2 Å². The molecule has 2 fully saturated rings. The molecule has 0 unspecified atom stereocenters. The Morgan fingerprint density at radius 2 is 1.28 bits per heavy atom. The standard InChI is InChI=1S/2C20H20F3N5O3S/c1-4-32-13-7-11(19(10-24)5-6-19)9-26-15(13)17(29)27(2)16-12(25)8-14(20(21,22)23)28(31-3)18(16)30;1-4-32-13-7-11(19(10-24)5-6-19)9-26-16(13)17(29)27-12-8-14(20(21,22)23)28(31-3)18(30)15(12)25-2/h7-9H,4-6,25H2,1-3H3;7-9,25H,4-6H2,1-3H3,(H,27,29). The van der Waals surface area contributed by atoms with Crippen LogP contribution in [-0.4, -0.2) is 71.1 Å². The molecule has 4 aromatic rings. The second-order valence-corrected chi connectivity index (χ2v) is 16.8. The lowest BCUT2D eigenvalue weighted by molar-refractivity contribution is -0.152. The first-order chi connectivity index (χ1) is 30.1. The van der Waals surface area contributed by atoms with Crippen LogP contribution in [0.15, 0.2) is 56.0 Å². The Balaban J connectivity index is 0.000000241. The van der Waals surface area contributed by atoms with Crippen molar-refractivity contribution < 1.29 is 45.6 Å². The molecule has 0 aliphatic heterocycles. The molecule has 4 heterocycles. The second kappa shape index (κ2) is 18.8. The fraction of sp³-hybridized carbons (Fsp3) is 0.400. The number of carbonyl (C=O) groups excluding carboxylic acids is 2. The molecule has 0 radical (unpaired) electrons. The summed E-state index contributed by atoms with van der Waals surface area (Å²) in [5.41, 5.74) is -0.862. The lowest BCUT2D eigenvalue weighted by atomic mass is 9.99. The number of alkyl halides is 6. The van der Waals surface area contributed by atoms with Crippen molar-refractivity contribution in [1.82, 2.24) is 19.4 Å². The second-order valence-electron chi connectivity index (χ2n) is 14.2. The first-order valence-corrected chi connectivity index (χ1v) is 21.0. The summed E-state index contributed by atoms with van der Waals surface area (Å²) in [5.74, 6) is -0.309. The summed E-state index contributed by atoms with van der Waals surface area (Å²) in [6, 6.07) is 9.13. The molecule has 2 aliphatic carbocycles. The summed E-state index contributed by atoms with van der Waals surface area (Å²) in [7, 11) is 4.39. The highest BCUT2D eigenvalue weighted by molar-refractivity contribution is 7.99. The monoisotopic (exact) mass is 934 g/mol. The number of carbonyl (C=O) groups is 2. The summed E-state index contributed by atoms with van der Waals surface area (Å²) in [4.78, 5) is 70.8. The smallest absolute Gasteiger partial charge is 0.413 e. The van der Waals surface area contributed by atoms with Crippen LogP contribution in [0.1, 0.15) is 83.0 Å². The maximum absolute atomic E-state index is 13.4. The fourth-order valence-corrected chi connectivity index (χ4v) is 8.13. The van der Waals surface area contributed by atoms with Crippen LogP contribution >= 0.6 is 23.5 Å². The van der Waals surface area contributed by atoms with Gasteiger partial charge in [0, 0.05) is 36.3 Å². The van der Waals surface area contributed by atoms with Gasteiger partial charge in [0.05, 0.1) is 34.3 Å². The van der Waals surface area contributed by atoms with E-state index in [-0.39, 0.29) is 32.2 Å². The molecular formula is C40H40F6N10O6S2. The number of aromatic nitrogens is 4. The minimum Gasteiger partial charge on any atom is -0.413 e. The third kappa shape index (κ3) is 9.57. The Bertz CT molecular complexity index is 2690. The van der Waals surface area contributed by atoms with Gasteiger partial charge in [0.15, 0.2) is 11.4 Å². The predicted octanol–water partition coefficient (Wildman–Crippen LogP) is 6.13. The van der Waals surface area contributed by atoms with Crippen LogP contribution in [0.2, 0.25) is 0 Å². The van der Waals surface area contributed by atoms with Crippen molar-refractivity contribution in [1.29, 1.82) is 10.5 Å². The first-order valence-electron chi connectivity index (χ1n) is 19.1. The molecule has 6 rings (SSSR count). The fourth-order valence-electron chi connectivity index (χ4n) is 6.53. The summed E-state index contributed by atoms with van der Waals surface area (Å²) in [6.07, 6.45) is -4.11. The first kappa shape index (κ1) is 48.6. The number of hydrogen-bond acceptors (Lipinski definition) is 14. The number of thioether (sulfide) groups is 2. The third-order valence-corrected chi connectivity index (χ3v) is 12.0. The minimum atomic E-state index is -4.90. The van der Waals surface area contributed by atoms with E-state index in [9.17, 15) is 56.0 Å². The topological polar surface area (TPSA) is 223 Å². The van der Waals surface area contributed by atoms with E-state index in [0.717, 1.165) is 19.1 Å². The van der Waals surface area contributed by atoms with Gasteiger partial charge in [0.25, 0.3) is 11.8 Å². The molecule has 64 heavy (non-hydrogen) atoms. The van der Waals surface area contributed by atoms with Crippen molar-refractivity contribution >= 4 is 58.1 Å². The molecule has 0 saturated heterocycles. The zero-order valence-electron chi connectivity index (χ0n) is 34.9. The zero-order chi connectivity index (χ0) is 47.5. The van der Waals surface area contributed by atoms with Gasteiger partial charge in [-0.05, 0) is 72.6 Å². The summed E-state index contributed by atoms with van der Waals surface area (Å²) in [5, 5.41) is 23.7. The van der Waals surface area contributed by atoms with Crippen molar-refractivity contribution in [3.05, 3.63) is 91.3 Å². The number of nitrogen functional groups attached to an aromatic ring is 1. The zero-order valence-corrected chi connectivity index (χ0v) is 36.6. The summed E-state index contributed by atoms with van der Waals surface area (Å²) >= 11 is 2.65. The normalized spacial score (nSPS) is 14.5. The highest BCUT2D eigenvalue weighted by Gasteiger charge is 2.47. The number of nitriles is 2. The van der Waals surface area contributed by atoms with Gasteiger partial charge in [-0.25, -0.2) is 9.97 Å². The maximum atomic E-state index is 13.4. The molecule has 0 bridgehead atoms. The van der Waals surface area contributed by atoms with Crippen molar-refractivity contribution in [3.63, 3.8) is 0 Å². The summed E-state index contributed by atoms with van der Waals surface area (Å²) in [6.45, 7) is 3.74. The average Bonchev–Trinajstić information content (AvgIpc) is 4.19. The van der Waals surface area contributed by atoms with E-state index in [1.165, 1.54) is 50.0 Å². The Labute approximate surface area is 369 Å². The van der Waals surface area contributed by atoms with E-state index >= 15 is 0 Å². The maximum Gasteiger partial charge on any atom is 0.435 e. The molecule has 2 amide bonds. The van der Waals surface area contributed by atoms with E-state index in [1.54, 1.807) is 12.1 Å². The Kier molecular flexibility index (Phi) is 14.2. The molecule has 24 heteroatoms. The number of halogens is 6. The number of nitrogens with two attached hydrogens (primary N) is 1. The van der Waals surface area contributed by atoms with E-state index in [1.807, 2.05) is 13.8 Å². The molecule has 16 nitrogen and oxygen atoms in total. The number of amides is 2. The van der Waals surface area contributed by atoms with Crippen molar-refractivity contribution in [3.8, 4) is 12.1 Å². The highest BCUT2D eigenvalue weighted by atomic mass is 32.2. The molecule has 0 spiro atoms. The number of nitrogens with zero attached hydrogens (tertiary/aromatic N) is 7. The van der Waals surface area contributed by atoms with Crippen LogP contribution in [-0.2, 0) is 23.2 Å². The van der Waals surface area contributed by atoms with Gasteiger partial charge in [-0.2, -0.15) is 36.9 Å². The number of rotatable bonds is 13. The summed E-state index contributed by atoms with van der Waals surface area (Å²) < 4.78 is 80.2. The quantitative estimate of drug-likeness (QED) is 0.101. The van der Waals surface area contributed by atoms with Gasteiger partial charge < -0.3 is 30.9 Å². The van der Waals surface area contributed by atoms with Crippen LogP contribution in [0.3, 0.4) is 0 Å². The minimum absolute atomic E-state index is 0.000459. The van der Waals surface area contributed by atoms with Crippen LogP contribution in [0, 0.1) is 22.7 Å². The highest BCUT2D eigenvalue weighted by Crippen LogP contribution is 2.49. The van der Waals surface area contributed by atoms with E-state index in [2.05, 4.69) is 42.4 Å². The van der Waals surface area contributed by atoms with Gasteiger partial charge in [-0.15, -0.1) is 33.0 Å². The molecule has 0 aromatic carbocycles. The van der Waals surface area contributed by atoms with Crippen molar-refractivity contribution in [2.24, 2.45) is 0 Å². The number of hydrogen-bond donors (Lipinski definition) is 3. The van der Waals surface area contributed by atoms with E-state index < -0.39 is 68.9 Å². The van der Waals surface area contributed by atoms with Crippen LogP contribution in [0.25, 0.3) is 0 Å². The van der Waals surface area contributed by atoms with Gasteiger partial charge in [-0.1, -0.05) is 13.8 Å². The Morgan fingerprint density at radius 1 is 0.828 bits per heavy atom. The Morgan fingerprint density at radius 3 is 1.70 bits per heavy atom. The van der Waals surface area contributed by atoms with Gasteiger partial charge in [0.1, 0.15) is 37.0 Å². The van der Waals surface area contributed by atoms with Gasteiger partial charge >= 0.3 is 23.5 Å². The lowest BCUT2D eigenvalue weighted by Crippen LogP contribution is -2.39. The third-order valence-electron chi connectivity index (χ3n) is 10.2. The van der Waals surface area contributed by atoms with Crippen LogP contribution in [0.4, 0.5) is 49.1 Å². The molecule has 4 N–H and O–H groups in total. The van der Waals surface area contributed by atoms with E-state index in [4.69, 9.17) is 5.73 Å². The predicted molar refractivity (Wildman–Crippen MR) is 225 cm³/mol. The molecule has 340 valence electrons. The largest absolute Gasteiger partial charge is 0.435 e. The Hall–Kier alpha value is -6.40. The molecular weight excluding hydrogens is 895 g/mol. The van der Waals surface area contributed by atoms with Gasteiger partial charge in [-0.3, -0.25) is 19.2 Å². The van der Waals surface area contributed by atoms with Crippen molar-refractivity contribution in [2.75, 3.05) is 61.1 Å². The number of nitrogens with one attached hydrogen (secondary N) is 2. The average molecular weight is 935 g/mol. The molecule has 2 aliphatic rings. The van der Waals surface area contributed by atoms with Crippen LogP contribution in [0.5, 0.6) is 0 Å². The number of anilines is 4. The molecule has 2 saturated carbocycles. The van der Waals surface area contributed by atoms with Crippen molar-refractivity contribution in [2.45, 2.75) is 72.5 Å². The lowest BCUT2D eigenvalue weighted by Gasteiger charge is -2.22. The van der Waals surface area contributed by atoms with Gasteiger partial charge in [0.2, 0.25) is 0 Å². The molecule has 4 aromatic heterocycles. The molecule has 0 atom stereocenters. The number of pyridine rings is 4.